The Kier molecular flexibility index (Phi) is 12.7. The summed E-state index contributed by atoms with van der Waals surface area (Å²) in [6, 6.07) is 21.2. The third kappa shape index (κ3) is 10.3. The Bertz CT molecular complexity index is 1690. The number of nitrogens with two attached hydrogens (primary N) is 1. The van der Waals surface area contributed by atoms with E-state index in [0.29, 0.717) is 5.69 Å². The number of ether oxygens (including phenoxy) is 1. The second-order valence-electron chi connectivity index (χ2n) is 14.7. The minimum Gasteiger partial charge on any atom is -0.497 e. The summed E-state index contributed by atoms with van der Waals surface area (Å²) in [5, 5.41) is 21.0. The van der Waals surface area contributed by atoms with Crippen LogP contribution in [0.1, 0.15) is 58.6 Å². The number of carbonyl (C=O) groups excluding carboxylic acids is 2. The third-order valence-electron chi connectivity index (χ3n) is 8.96. The van der Waals surface area contributed by atoms with Crippen LogP contribution in [0.5, 0.6) is 5.75 Å². The van der Waals surface area contributed by atoms with Gasteiger partial charge in [0.25, 0.3) is 0 Å². The maximum atomic E-state index is 14.0. The average Bonchev–Trinajstić information content (AvgIpc) is 3.87. The first-order chi connectivity index (χ1) is 23.5. The maximum absolute atomic E-state index is 14.0. The minimum absolute atomic E-state index is 0.000294. The molecule has 1 saturated carbocycles. The van der Waals surface area contributed by atoms with Crippen LogP contribution in [-0.4, -0.2) is 74.6 Å². The van der Waals surface area contributed by atoms with Gasteiger partial charge in [-0.15, -0.1) is 0 Å². The molecule has 2 amide bonds. The number of rotatable bonds is 17. The van der Waals surface area contributed by atoms with Gasteiger partial charge in [-0.3, -0.25) is 14.9 Å². The van der Waals surface area contributed by atoms with Crippen LogP contribution in [-0.2, 0) is 31.6 Å². The van der Waals surface area contributed by atoms with Crippen molar-refractivity contribution in [2.75, 3.05) is 32.5 Å². The molecule has 12 heteroatoms. The highest BCUT2D eigenvalue weighted by atomic mass is 32.2. The molecule has 3 aromatic carbocycles. The van der Waals surface area contributed by atoms with E-state index in [2.05, 4.69) is 16.0 Å². The van der Waals surface area contributed by atoms with Gasteiger partial charge in [-0.25, -0.2) is 8.42 Å². The fourth-order valence-corrected chi connectivity index (χ4v) is 7.59. The van der Waals surface area contributed by atoms with Crippen LogP contribution in [0.15, 0.2) is 83.8 Å². The van der Waals surface area contributed by atoms with E-state index in [4.69, 9.17) is 10.5 Å². The van der Waals surface area contributed by atoms with Crippen molar-refractivity contribution in [1.82, 2.24) is 20.3 Å². The van der Waals surface area contributed by atoms with Gasteiger partial charge in [-0.1, -0.05) is 77.1 Å². The van der Waals surface area contributed by atoms with Gasteiger partial charge in [-0.05, 0) is 78.1 Å². The monoisotopic (exact) mass is 707 g/mol. The molecule has 0 bridgehead atoms. The standard InChI is InChI=1S/C38H53N5O6S/c1-26(2)24-43(50(47,48)31-17-15-29(39)16-18-31)25-33(44)32(21-27-11-8-7-9-12-27)41-36(46)35(37(3,4)5)42-34(45)23-40-38(19-20-38)28-13-10-14-30(22-28)49-6/h7-18,22,26,32-33,35,40,44H,19-21,23-25,39H2,1-6H3,(H,41,46)(H,42,45)/t32-,33+,35?/m0/s1. The van der Waals surface area contributed by atoms with E-state index >= 15 is 0 Å². The number of benzene rings is 3. The van der Waals surface area contributed by atoms with E-state index in [1.54, 1.807) is 7.11 Å². The summed E-state index contributed by atoms with van der Waals surface area (Å²) in [5.74, 6) is -0.115. The zero-order chi connectivity index (χ0) is 36.7. The summed E-state index contributed by atoms with van der Waals surface area (Å²) >= 11 is 0. The van der Waals surface area contributed by atoms with Gasteiger partial charge in [0.2, 0.25) is 21.8 Å². The number of aliphatic hydroxyl groups is 1. The molecule has 1 unspecified atom stereocenters. The molecule has 4 rings (SSSR count). The van der Waals surface area contributed by atoms with Gasteiger partial charge < -0.3 is 26.2 Å². The zero-order valence-electron chi connectivity index (χ0n) is 30.0. The zero-order valence-corrected chi connectivity index (χ0v) is 30.8. The van der Waals surface area contributed by atoms with Crippen LogP contribution in [0.2, 0.25) is 0 Å². The first kappa shape index (κ1) is 38.8. The molecular formula is C38H53N5O6S. The molecule has 1 aliphatic rings. The second kappa shape index (κ2) is 16.4. The second-order valence-corrected chi connectivity index (χ2v) is 16.6. The van der Waals surface area contributed by atoms with Crippen molar-refractivity contribution in [2.45, 2.75) is 82.5 Å². The van der Waals surface area contributed by atoms with Gasteiger partial charge in [0.05, 0.1) is 30.7 Å². The molecule has 1 aliphatic carbocycles. The maximum Gasteiger partial charge on any atom is 0.243 e. The summed E-state index contributed by atoms with van der Waals surface area (Å²) < 4.78 is 34.2. The highest BCUT2D eigenvalue weighted by Gasteiger charge is 2.45. The molecule has 3 atom stereocenters. The van der Waals surface area contributed by atoms with Crippen molar-refractivity contribution in [3.63, 3.8) is 0 Å². The summed E-state index contributed by atoms with van der Waals surface area (Å²) in [7, 11) is -2.38. The fourth-order valence-electron chi connectivity index (χ4n) is 5.97. The molecule has 0 aliphatic heterocycles. The number of hydrogen-bond donors (Lipinski definition) is 5. The Morgan fingerprint density at radius 1 is 0.960 bits per heavy atom. The minimum atomic E-state index is -4.00. The lowest BCUT2D eigenvalue weighted by molar-refractivity contribution is -0.132. The first-order valence-corrected chi connectivity index (χ1v) is 18.5. The van der Waals surface area contributed by atoms with Crippen molar-refractivity contribution in [3.8, 4) is 5.75 Å². The number of nitrogen functional groups attached to an aromatic ring is 1. The number of carbonyl (C=O) groups is 2. The van der Waals surface area contributed by atoms with Gasteiger partial charge in [-0.2, -0.15) is 4.31 Å². The van der Waals surface area contributed by atoms with E-state index in [-0.39, 0.29) is 48.3 Å². The molecular weight excluding hydrogens is 655 g/mol. The first-order valence-electron chi connectivity index (χ1n) is 17.1. The molecule has 11 nitrogen and oxygen atoms in total. The molecule has 272 valence electrons. The molecule has 6 N–H and O–H groups in total. The van der Waals surface area contributed by atoms with Crippen molar-refractivity contribution >= 4 is 27.5 Å². The number of nitrogens with zero attached hydrogens (tertiary/aromatic N) is 1. The van der Waals surface area contributed by atoms with Crippen LogP contribution in [0, 0.1) is 11.3 Å². The van der Waals surface area contributed by atoms with Crippen LogP contribution in [0.3, 0.4) is 0 Å². The summed E-state index contributed by atoms with van der Waals surface area (Å²) in [6.45, 7) is 9.26. The highest BCUT2D eigenvalue weighted by Crippen LogP contribution is 2.46. The average molecular weight is 708 g/mol. The van der Waals surface area contributed by atoms with Gasteiger partial charge in [0.15, 0.2) is 0 Å². The molecule has 1 fully saturated rings. The molecule has 0 radical (unpaired) electrons. The summed E-state index contributed by atoms with van der Waals surface area (Å²) in [6.07, 6.45) is 0.701. The Labute approximate surface area is 297 Å². The number of methoxy groups -OCH3 is 1. The third-order valence-corrected chi connectivity index (χ3v) is 10.8. The highest BCUT2D eigenvalue weighted by molar-refractivity contribution is 7.89. The van der Waals surface area contributed by atoms with Crippen molar-refractivity contribution in [1.29, 1.82) is 0 Å². The van der Waals surface area contributed by atoms with E-state index < -0.39 is 39.5 Å². The van der Waals surface area contributed by atoms with Gasteiger partial charge >= 0.3 is 0 Å². The molecule has 0 spiro atoms. The molecule has 0 saturated heterocycles. The number of sulfonamides is 1. The van der Waals surface area contributed by atoms with Crippen LogP contribution in [0.25, 0.3) is 0 Å². The Hall–Kier alpha value is -3.97. The summed E-state index contributed by atoms with van der Waals surface area (Å²) in [5.41, 5.74) is 7.11. The molecule has 0 aromatic heterocycles. The van der Waals surface area contributed by atoms with E-state index in [1.807, 2.05) is 89.2 Å². The molecule has 50 heavy (non-hydrogen) atoms. The number of amides is 2. The van der Waals surface area contributed by atoms with E-state index in [1.165, 1.54) is 28.6 Å². The molecule has 3 aromatic rings. The largest absolute Gasteiger partial charge is 0.497 e. The SMILES string of the molecule is COc1cccc(C2(NCC(=O)NC(C(=O)N[C@@H](Cc3ccccc3)[C@H](O)CN(CC(C)C)S(=O)(=O)c3ccc(N)cc3)C(C)(C)C)CC2)c1. The van der Waals surface area contributed by atoms with Crippen LogP contribution >= 0.6 is 0 Å². The van der Waals surface area contributed by atoms with Crippen LogP contribution in [0.4, 0.5) is 5.69 Å². The number of aliphatic hydroxyl groups excluding tert-OH is 1. The quantitative estimate of drug-likeness (QED) is 0.132. The topological polar surface area (TPSA) is 163 Å². The van der Waals surface area contributed by atoms with Gasteiger partial charge in [0, 0.05) is 24.3 Å². The van der Waals surface area contributed by atoms with Crippen molar-refractivity contribution < 1.29 is 27.9 Å². The van der Waals surface area contributed by atoms with E-state index in [0.717, 1.165) is 29.7 Å². The Morgan fingerprint density at radius 3 is 2.20 bits per heavy atom. The number of anilines is 1. The van der Waals surface area contributed by atoms with E-state index in [9.17, 15) is 23.1 Å². The fraction of sp³-hybridized carbons (Fsp3) is 0.474. The van der Waals surface area contributed by atoms with Crippen LogP contribution < -0.4 is 26.4 Å². The lowest BCUT2D eigenvalue weighted by atomic mass is 9.85. The smallest absolute Gasteiger partial charge is 0.243 e. The number of hydrogen-bond acceptors (Lipinski definition) is 8. The Balaban J connectivity index is 1.52. The van der Waals surface area contributed by atoms with Crippen molar-refractivity contribution in [2.24, 2.45) is 11.3 Å². The lowest BCUT2D eigenvalue weighted by Crippen LogP contribution is -2.59. The Morgan fingerprint density at radius 2 is 1.62 bits per heavy atom. The predicted octanol–water partition coefficient (Wildman–Crippen LogP) is 3.82. The molecule has 0 heterocycles. The number of nitrogens with one attached hydrogen (secondary N) is 3. The summed E-state index contributed by atoms with van der Waals surface area (Å²) in [4.78, 5) is 27.4. The van der Waals surface area contributed by atoms with Crippen molar-refractivity contribution in [3.05, 3.63) is 90.0 Å². The van der Waals surface area contributed by atoms with Gasteiger partial charge in [0.1, 0.15) is 11.8 Å². The normalized spacial score (nSPS) is 16.0. The lowest BCUT2D eigenvalue weighted by Gasteiger charge is -2.34. The predicted molar refractivity (Wildman–Crippen MR) is 196 cm³/mol.